The maximum Gasteiger partial charge on any atom is 0.266 e. The van der Waals surface area contributed by atoms with Crippen molar-refractivity contribution in [2.45, 2.75) is 27.4 Å². The Morgan fingerprint density at radius 2 is 1.76 bits per heavy atom. The highest BCUT2D eigenvalue weighted by molar-refractivity contribution is 8.18. The first-order valence-corrected chi connectivity index (χ1v) is 13.6. The topological polar surface area (TPSA) is 51.1 Å². The molecule has 1 aliphatic heterocycles. The SMILES string of the molecule is CCOc1cc(/C=C2\SC(=Nc3ccc(Cl)cc3)N(CC(C)C)C2=O)ccc1OCc1cccc(Cl)c1. The Balaban J connectivity index is 1.59. The predicted octanol–water partition coefficient (Wildman–Crippen LogP) is 8.23. The molecule has 192 valence electrons. The lowest BCUT2D eigenvalue weighted by molar-refractivity contribution is -0.122. The maximum absolute atomic E-state index is 13.3. The summed E-state index contributed by atoms with van der Waals surface area (Å²) in [6, 6.07) is 20.5. The van der Waals surface area contributed by atoms with Gasteiger partial charge in [-0.15, -0.1) is 0 Å². The average Bonchev–Trinajstić information content (AvgIpc) is 3.13. The lowest BCUT2D eigenvalue weighted by atomic mass is 10.1. The van der Waals surface area contributed by atoms with Gasteiger partial charge in [0.1, 0.15) is 6.61 Å². The number of ether oxygens (including phenoxy) is 2. The third-order valence-corrected chi connectivity index (χ3v) is 6.83. The van der Waals surface area contributed by atoms with Gasteiger partial charge in [0.25, 0.3) is 5.91 Å². The number of halogens is 2. The molecule has 0 spiro atoms. The van der Waals surface area contributed by atoms with Crippen molar-refractivity contribution in [3.63, 3.8) is 0 Å². The van der Waals surface area contributed by atoms with Gasteiger partial charge in [-0.1, -0.05) is 55.2 Å². The van der Waals surface area contributed by atoms with Crippen LogP contribution in [-0.4, -0.2) is 29.1 Å². The Kier molecular flexibility index (Phi) is 9.19. The van der Waals surface area contributed by atoms with E-state index in [0.29, 0.717) is 57.3 Å². The van der Waals surface area contributed by atoms with Crippen molar-refractivity contribution >= 4 is 57.8 Å². The molecule has 1 heterocycles. The molecule has 3 aromatic carbocycles. The highest BCUT2D eigenvalue weighted by atomic mass is 35.5. The molecule has 0 radical (unpaired) electrons. The number of rotatable bonds is 9. The predicted molar refractivity (Wildman–Crippen MR) is 154 cm³/mol. The number of benzene rings is 3. The number of carbonyl (C=O) groups excluding carboxylic acids is 1. The second kappa shape index (κ2) is 12.5. The summed E-state index contributed by atoms with van der Waals surface area (Å²) in [7, 11) is 0. The lowest BCUT2D eigenvalue weighted by Gasteiger charge is -2.17. The highest BCUT2D eigenvalue weighted by Crippen LogP contribution is 2.36. The normalized spacial score (nSPS) is 15.7. The van der Waals surface area contributed by atoms with Crippen molar-refractivity contribution in [3.05, 3.63) is 92.8 Å². The molecule has 0 saturated carbocycles. The van der Waals surface area contributed by atoms with E-state index < -0.39 is 0 Å². The number of nitrogens with zero attached hydrogens (tertiary/aromatic N) is 2. The molecule has 1 saturated heterocycles. The van der Waals surface area contributed by atoms with Gasteiger partial charge in [-0.05, 0) is 90.3 Å². The first-order valence-electron chi connectivity index (χ1n) is 12.0. The molecule has 0 aliphatic carbocycles. The van der Waals surface area contributed by atoms with Gasteiger partial charge >= 0.3 is 0 Å². The van der Waals surface area contributed by atoms with Gasteiger partial charge in [0.2, 0.25) is 0 Å². The number of thioether (sulfide) groups is 1. The Hall–Kier alpha value is -2.93. The Labute approximate surface area is 232 Å². The van der Waals surface area contributed by atoms with Crippen LogP contribution in [0.5, 0.6) is 11.5 Å². The summed E-state index contributed by atoms with van der Waals surface area (Å²) in [6.45, 7) is 7.51. The summed E-state index contributed by atoms with van der Waals surface area (Å²) in [5.41, 5.74) is 2.55. The number of aliphatic imine (C=N–C) groups is 1. The third-order valence-electron chi connectivity index (χ3n) is 5.34. The minimum Gasteiger partial charge on any atom is -0.490 e. The molecule has 3 aromatic rings. The van der Waals surface area contributed by atoms with Crippen LogP contribution >= 0.6 is 35.0 Å². The van der Waals surface area contributed by atoms with Crippen LogP contribution in [0.4, 0.5) is 5.69 Å². The third kappa shape index (κ3) is 7.31. The zero-order valence-corrected chi connectivity index (χ0v) is 23.2. The molecule has 4 rings (SSSR count). The molecular weight excluding hydrogens is 527 g/mol. The van der Waals surface area contributed by atoms with Crippen LogP contribution in [0.2, 0.25) is 10.0 Å². The Bertz CT molecular complexity index is 1320. The number of hydrogen-bond acceptors (Lipinski definition) is 5. The van der Waals surface area contributed by atoms with E-state index in [1.807, 2.05) is 67.6 Å². The van der Waals surface area contributed by atoms with Gasteiger partial charge in [-0.2, -0.15) is 0 Å². The second-order valence-corrected chi connectivity index (χ2v) is 10.7. The smallest absolute Gasteiger partial charge is 0.266 e. The molecule has 0 bridgehead atoms. The van der Waals surface area contributed by atoms with Gasteiger partial charge in [-0.25, -0.2) is 4.99 Å². The summed E-state index contributed by atoms with van der Waals surface area (Å²) in [6.07, 6.45) is 1.87. The summed E-state index contributed by atoms with van der Waals surface area (Å²) in [5, 5.41) is 1.96. The van der Waals surface area contributed by atoms with Crippen LogP contribution in [0, 0.1) is 5.92 Å². The summed E-state index contributed by atoms with van der Waals surface area (Å²) in [4.78, 5) is 20.4. The fourth-order valence-corrected chi connectivity index (χ4v) is 5.03. The van der Waals surface area contributed by atoms with Gasteiger partial charge in [-0.3, -0.25) is 9.69 Å². The molecule has 0 aromatic heterocycles. The molecule has 0 N–H and O–H groups in total. The second-order valence-electron chi connectivity index (χ2n) is 8.85. The van der Waals surface area contributed by atoms with Crippen molar-refractivity contribution in [1.82, 2.24) is 4.90 Å². The Morgan fingerprint density at radius 1 is 0.973 bits per heavy atom. The molecule has 1 amide bonds. The first kappa shape index (κ1) is 27.1. The van der Waals surface area contributed by atoms with Gasteiger partial charge in [0, 0.05) is 16.6 Å². The van der Waals surface area contributed by atoms with Gasteiger partial charge in [0.05, 0.1) is 17.2 Å². The first-order chi connectivity index (χ1) is 17.8. The average molecular weight is 556 g/mol. The number of amides is 1. The fraction of sp³-hybridized carbons (Fsp3) is 0.241. The molecule has 0 unspecified atom stereocenters. The van der Waals surface area contributed by atoms with Crippen molar-refractivity contribution in [2.75, 3.05) is 13.2 Å². The summed E-state index contributed by atoms with van der Waals surface area (Å²) >= 11 is 13.5. The van der Waals surface area contributed by atoms with Crippen LogP contribution in [0.3, 0.4) is 0 Å². The van der Waals surface area contributed by atoms with Crippen LogP contribution in [0.1, 0.15) is 31.9 Å². The van der Waals surface area contributed by atoms with Crippen LogP contribution in [0.25, 0.3) is 6.08 Å². The summed E-state index contributed by atoms with van der Waals surface area (Å²) in [5.74, 6) is 1.47. The van der Waals surface area contributed by atoms with E-state index in [0.717, 1.165) is 16.8 Å². The van der Waals surface area contributed by atoms with E-state index in [9.17, 15) is 4.79 Å². The molecule has 8 heteroatoms. The van der Waals surface area contributed by atoms with E-state index in [2.05, 4.69) is 13.8 Å². The fourth-order valence-electron chi connectivity index (χ4n) is 3.68. The molecule has 37 heavy (non-hydrogen) atoms. The molecular formula is C29H28Cl2N2O3S. The van der Waals surface area contributed by atoms with Gasteiger partial charge < -0.3 is 9.47 Å². The van der Waals surface area contributed by atoms with Crippen molar-refractivity contribution in [3.8, 4) is 11.5 Å². The number of amidine groups is 1. The van der Waals surface area contributed by atoms with Crippen LogP contribution < -0.4 is 9.47 Å². The molecule has 5 nitrogen and oxygen atoms in total. The van der Waals surface area contributed by atoms with E-state index >= 15 is 0 Å². The van der Waals surface area contributed by atoms with Gasteiger partial charge in [0.15, 0.2) is 16.7 Å². The highest BCUT2D eigenvalue weighted by Gasteiger charge is 2.33. The van der Waals surface area contributed by atoms with E-state index in [4.69, 9.17) is 37.7 Å². The molecule has 0 atom stereocenters. The van der Waals surface area contributed by atoms with Crippen molar-refractivity contribution in [2.24, 2.45) is 10.9 Å². The van der Waals surface area contributed by atoms with E-state index in [1.165, 1.54) is 11.8 Å². The zero-order chi connectivity index (χ0) is 26.4. The van der Waals surface area contributed by atoms with Crippen LogP contribution in [-0.2, 0) is 11.4 Å². The van der Waals surface area contributed by atoms with Crippen LogP contribution in [0.15, 0.2) is 76.6 Å². The standard InChI is InChI=1S/C29H28Cl2N2O3S/c1-4-35-26-15-20(8-13-25(26)36-18-21-6-5-7-23(31)14-21)16-27-28(34)33(17-19(2)3)29(37-27)32-24-11-9-22(30)10-12-24/h5-16,19H,4,17-18H2,1-3H3/b27-16-,32-29?. The molecule has 1 aliphatic rings. The minimum atomic E-state index is -0.0642. The van der Waals surface area contributed by atoms with Crippen molar-refractivity contribution in [1.29, 1.82) is 0 Å². The van der Waals surface area contributed by atoms with E-state index in [-0.39, 0.29) is 5.91 Å². The maximum atomic E-state index is 13.3. The quantitative estimate of drug-likeness (QED) is 0.250. The summed E-state index contributed by atoms with van der Waals surface area (Å²) < 4.78 is 11.9. The largest absolute Gasteiger partial charge is 0.490 e. The zero-order valence-electron chi connectivity index (χ0n) is 20.9. The number of hydrogen-bond donors (Lipinski definition) is 0. The monoisotopic (exact) mass is 554 g/mol. The lowest BCUT2D eigenvalue weighted by Crippen LogP contribution is -2.32. The molecule has 1 fully saturated rings. The van der Waals surface area contributed by atoms with Crippen molar-refractivity contribution < 1.29 is 14.3 Å². The minimum absolute atomic E-state index is 0.0642. The number of carbonyl (C=O) groups is 1. The van der Waals surface area contributed by atoms with E-state index in [1.54, 1.807) is 17.0 Å². The Morgan fingerprint density at radius 3 is 2.46 bits per heavy atom.